The number of aryl methyl sites for hydroxylation is 1. The molecule has 0 radical (unpaired) electrons. The summed E-state index contributed by atoms with van der Waals surface area (Å²) in [6.07, 6.45) is 3.72. The lowest BCUT2D eigenvalue weighted by molar-refractivity contribution is -0.142. The predicted octanol–water partition coefficient (Wildman–Crippen LogP) is 2.42. The highest BCUT2D eigenvalue weighted by Crippen LogP contribution is 2.24. The second kappa shape index (κ2) is 31.1. The highest BCUT2D eigenvalue weighted by atomic mass is 19.1. The minimum atomic E-state index is -1.74. The molecule has 15 N–H and O–H groups in total. The number of guanidine groups is 1. The second-order valence-electron chi connectivity index (χ2n) is 22.0. The summed E-state index contributed by atoms with van der Waals surface area (Å²) in [5, 5.41) is 41.4. The van der Waals surface area contributed by atoms with E-state index in [1.54, 1.807) is 43.6 Å². The molecule has 7 atom stereocenters. The summed E-state index contributed by atoms with van der Waals surface area (Å²) in [5.74, 6) is -8.03. The smallest absolute Gasteiger partial charge is 0.245 e. The minimum Gasteiger partial charge on any atom is -0.508 e. The van der Waals surface area contributed by atoms with Crippen molar-refractivity contribution in [3.63, 3.8) is 0 Å². The van der Waals surface area contributed by atoms with Crippen LogP contribution in [0.4, 0.5) is 8.78 Å². The zero-order valence-corrected chi connectivity index (χ0v) is 48.8. The Hall–Kier alpha value is -9.39. The monoisotopic (exact) mass is 1200 g/mol. The number of halogens is 2. The molecular formula is C62H77F2N13O10. The van der Waals surface area contributed by atoms with Crippen LogP contribution in [0.15, 0.2) is 108 Å². The van der Waals surface area contributed by atoms with Gasteiger partial charge in [-0.1, -0.05) is 68.4 Å². The molecule has 3 heterocycles. The van der Waals surface area contributed by atoms with Crippen LogP contribution >= 0.6 is 0 Å². The van der Waals surface area contributed by atoms with Gasteiger partial charge in [-0.15, -0.1) is 0 Å². The maximum absolute atomic E-state index is 15.0. The molecule has 7 rings (SSSR count). The van der Waals surface area contributed by atoms with Gasteiger partial charge < -0.3 is 73.8 Å². The summed E-state index contributed by atoms with van der Waals surface area (Å²) < 4.78 is 28.2. The molecule has 2 aromatic heterocycles. The van der Waals surface area contributed by atoms with Crippen molar-refractivity contribution in [1.82, 2.24) is 52.1 Å². The number of aliphatic hydroxyl groups is 1. The summed E-state index contributed by atoms with van der Waals surface area (Å²) in [4.78, 5) is 126. The number of phenolic OH excluding ortho intramolecular Hbond substituents is 1. The average Bonchev–Trinajstić information content (AvgIpc) is 3.88. The molecule has 25 heteroatoms. The zero-order valence-electron chi connectivity index (χ0n) is 48.8. The number of aliphatic imine (C=N–C) groups is 1. The Morgan fingerprint density at radius 3 is 1.79 bits per heavy atom. The maximum Gasteiger partial charge on any atom is 0.245 e. The van der Waals surface area contributed by atoms with Crippen molar-refractivity contribution < 1.29 is 57.4 Å². The van der Waals surface area contributed by atoms with E-state index in [0.717, 1.165) is 22.5 Å². The summed E-state index contributed by atoms with van der Waals surface area (Å²) in [6.45, 7) is 5.18. The third-order valence-electron chi connectivity index (χ3n) is 15.0. The highest BCUT2D eigenvalue weighted by molar-refractivity contribution is 5.99. The third-order valence-corrected chi connectivity index (χ3v) is 15.0. The van der Waals surface area contributed by atoms with Gasteiger partial charge in [0.05, 0.1) is 6.61 Å². The predicted molar refractivity (Wildman–Crippen MR) is 322 cm³/mol. The number of aromatic hydroxyl groups is 1. The molecule has 8 amide bonds. The number of hydrogen-bond donors (Lipinski definition) is 13. The Labute approximate surface area is 501 Å². The summed E-state index contributed by atoms with van der Waals surface area (Å²) >= 11 is 0. The molecule has 0 bridgehead atoms. The SMILES string of the molecule is CCNC(=O)[C@H]1CCCN1C(=O)[C@H](CCCN=C(N)N)NC(=O)[C@H](CC(C)C)NC(=O)[C@@H](Cc1c[nH]c2ccccc12)NC(=O)[C@H](Cc1ccc(O)cc1)NC(=O)[C@H](CO)NC(=O)[C@H](Cc1c[nH]c2ccccc12)NC(=O)CCc1ccc(F)cc1F. The van der Waals surface area contributed by atoms with Crippen LogP contribution < -0.4 is 48.7 Å². The number of hydrogen-bond acceptors (Lipinski definition) is 11. The number of likely N-dealkylation sites (tertiary alicyclic amines) is 1. The molecule has 464 valence electrons. The van der Waals surface area contributed by atoms with E-state index in [0.29, 0.717) is 47.5 Å². The van der Waals surface area contributed by atoms with Crippen LogP contribution in [0, 0.1) is 17.6 Å². The lowest BCUT2D eigenvalue weighted by Gasteiger charge is -2.30. The number of rotatable bonds is 30. The van der Waals surface area contributed by atoms with E-state index in [1.807, 2.05) is 38.1 Å². The van der Waals surface area contributed by atoms with E-state index in [9.17, 15) is 57.4 Å². The standard InChI is InChI=1S/C62H77F2N13O10/c1-4-67-60(86)53-16-10-26-77(53)61(87)47(15-9-25-68-62(65)66)72-55(81)48(27-35(2)3)73-58(84)51(30-39-33-70-46-14-8-6-12-43(39)46)75-56(82)49(28-36-17-22-41(79)23-18-36)74-59(85)52(34-78)76-57(83)50(29-38-32-69-45-13-7-5-11-42(38)45)71-54(80)24-20-37-19-21-40(63)31-44(37)64/h5-8,11-14,17-19,21-23,31-33,35,47-53,69-70,78-79H,4,9-10,15-16,20,24-30,34H2,1-3H3,(H,67,86)(H,71,80)(H,72,81)(H,73,84)(H,74,85)(H,75,82)(H,76,83)(H4,65,66,68)/t47-,48-,49-,50-,51+,52-,53+/m0/s1. The van der Waals surface area contributed by atoms with Gasteiger partial charge in [-0.2, -0.15) is 0 Å². The van der Waals surface area contributed by atoms with Crippen molar-refractivity contribution in [2.24, 2.45) is 22.4 Å². The molecule has 0 spiro atoms. The van der Waals surface area contributed by atoms with E-state index in [1.165, 1.54) is 35.2 Å². The Morgan fingerprint density at radius 2 is 1.22 bits per heavy atom. The van der Waals surface area contributed by atoms with E-state index in [-0.39, 0.29) is 93.6 Å². The maximum atomic E-state index is 15.0. The molecule has 4 aromatic carbocycles. The molecule has 0 saturated carbocycles. The number of aromatic nitrogens is 2. The first-order valence-electron chi connectivity index (χ1n) is 29.1. The van der Waals surface area contributed by atoms with E-state index in [2.05, 4.69) is 52.2 Å². The number of amides is 8. The Bertz CT molecular complexity index is 3420. The van der Waals surface area contributed by atoms with Crippen molar-refractivity contribution in [2.45, 2.75) is 127 Å². The molecule has 0 unspecified atom stereocenters. The van der Waals surface area contributed by atoms with Gasteiger partial charge in [0.2, 0.25) is 47.3 Å². The van der Waals surface area contributed by atoms with Crippen molar-refractivity contribution >= 4 is 75.0 Å². The van der Waals surface area contributed by atoms with Crippen LogP contribution in [0.2, 0.25) is 0 Å². The molecule has 23 nitrogen and oxygen atoms in total. The van der Waals surface area contributed by atoms with Gasteiger partial charge in [0, 0.05) is 85.6 Å². The fourth-order valence-electron chi connectivity index (χ4n) is 10.6. The number of aliphatic hydroxyl groups excluding tert-OH is 1. The van der Waals surface area contributed by atoms with Crippen molar-refractivity contribution in [3.05, 3.63) is 137 Å². The lowest BCUT2D eigenvalue weighted by atomic mass is 9.99. The summed E-state index contributed by atoms with van der Waals surface area (Å²) in [5.41, 5.74) is 14.3. The van der Waals surface area contributed by atoms with Crippen molar-refractivity contribution in [1.29, 1.82) is 0 Å². The first-order chi connectivity index (χ1) is 41.7. The van der Waals surface area contributed by atoms with Crippen LogP contribution in [0.3, 0.4) is 0 Å². The highest BCUT2D eigenvalue weighted by Gasteiger charge is 2.39. The number of carbonyl (C=O) groups excluding carboxylic acids is 8. The number of nitrogens with zero attached hydrogens (tertiary/aromatic N) is 2. The van der Waals surface area contributed by atoms with Gasteiger partial charge in [0.1, 0.15) is 59.7 Å². The fraction of sp³-hybridized carbons (Fsp3) is 0.403. The van der Waals surface area contributed by atoms with Gasteiger partial charge in [-0.05, 0) is 104 Å². The van der Waals surface area contributed by atoms with Gasteiger partial charge in [-0.3, -0.25) is 43.3 Å². The number of likely N-dealkylation sites (N-methyl/N-ethyl adjacent to an activating group) is 1. The van der Waals surface area contributed by atoms with Crippen LogP contribution in [0.1, 0.15) is 81.5 Å². The topological polar surface area (TPSA) is 360 Å². The van der Waals surface area contributed by atoms with Crippen LogP contribution in [0.25, 0.3) is 21.8 Å². The second-order valence-corrected chi connectivity index (χ2v) is 22.0. The molecule has 1 aliphatic heterocycles. The number of carbonyl (C=O) groups is 8. The van der Waals surface area contributed by atoms with Crippen LogP contribution in [0.5, 0.6) is 5.75 Å². The number of nitrogens with one attached hydrogen (secondary N) is 9. The summed E-state index contributed by atoms with van der Waals surface area (Å²) in [7, 11) is 0. The quantitative estimate of drug-likeness (QED) is 0.0176. The molecule has 6 aromatic rings. The largest absolute Gasteiger partial charge is 0.508 e. The number of H-pyrrole nitrogens is 2. The minimum absolute atomic E-state index is 0.0644. The van der Waals surface area contributed by atoms with Crippen molar-refractivity contribution in [2.75, 3.05) is 26.2 Å². The number of fused-ring (bicyclic) bond motifs is 2. The van der Waals surface area contributed by atoms with Gasteiger partial charge in [0.25, 0.3) is 0 Å². The van der Waals surface area contributed by atoms with E-state index < -0.39 is 102 Å². The Morgan fingerprint density at radius 1 is 0.678 bits per heavy atom. The van der Waals surface area contributed by atoms with Crippen LogP contribution in [-0.4, -0.2) is 147 Å². The molecule has 1 fully saturated rings. The average molecular weight is 1200 g/mol. The number of aromatic amines is 2. The molecule has 1 saturated heterocycles. The molecule has 0 aliphatic carbocycles. The van der Waals surface area contributed by atoms with Gasteiger partial charge in [-0.25, -0.2) is 8.78 Å². The number of para-hydroxylation sites is 2. The van der Waals surface area contributed by atoms with Crippen molar-refractivity contribution in [3.8, 4) is 5.75 Å². The fourth-order valence-corrected chi connectivity index (χ4v) is 10.6. The number of phenols is 1. The first kappa shape index (κ1) is 65.2. The van der Waals surface area contributed by atoms with Crippen LogP contribution in [-0.2, 0) is 64.0 Å². The third kappa shape index (κ3) is 18.3. The Kier molecular flexibility index (Phi) is 23.3. The number of benzene rings is 4. The van der Waals surface area contributed by atoms with Gasteiger partial charge in [0.15, 0.2) is 5.96 Å². The Balaban J connectivity index is 1.14. The normalized spacial score (nSPS) is 15.1. The number of nitrogens with two attached hydrogens (primary N) is 2. The van der Waals surface area contributed by atoms with E-state index in [4.69, 9.17) is 11.5 Å². The summed E-state index contributed by atoms with van der Waals surface area (Å²) in [6, 6.07) is 13.8. The van der Waals surface area contributed by atoms with E-state index >= 15 is 0 Å². The molecular weight excluding hydrogens is 1120 g/mol. The molecule has 1 aliphatic rings. The zero-order chi connectivity index (χ0) is 62.7. The van der Waals surface area contributed by atoms with Gasteiger partial charge >= 0.3 is 0 Å². The molecule has 87 heavy (non-hydrogen) atoms. The first-order valence-corrected chi connectivity index (χ1v) is 29.1. The lowest BCUT2D eigenvalue weighted by Crippen LogP contribution is -2.61.